The van der Waals surface area contributed by atoms with Crippen LogP contribution in [-0.4, -0.2) is 30.1 Å². The van der Waals surface area contributed by atoms with Crippen molar-refractivity contribution in [3.05, 3.63) is 35.9 Å². The Morgan fingerprint density at radius 2 is 2.06 bits per heavy atom. The summed E-state index contributed by atoms with van der Waals surface area (Å²) in [6, 6.07) is 11.8. The number of rotatable bonds is 2. The van der Waals surface area contributed by atoms with Crippen LogP contribution in [-0.2, 0) is 6.42 Å². The van der Waals surface area contributed by atoms with Crippen LogP contribution in [0.15, 0.2) is 30.3 Å². The van der Waals surface area contributed by atoms with Gasteiger partial charge in [0.15, 0.2) is 0 Å². The highest BCUT2D eigenvalue weighted by Crippen LogP contribution is 2.32. The van der Waals surface area contributed by atoms with Crippen LogP contribution in [0.25, 0.3) is 0 Å². The average molecular weight is 216 g/mol. The first-order valence-corrected chi connectivity index (χ1v) is 6.38. The molecule has 16 heavy (non-hydrogen) atoms. The second kappa shape index (κ2) is 4.19. The van der Waals surface area contributed by atoms with Gasteiger partial charge in [0.1, 0.15) is 0 Å². The molecule has 0 spiro atoms. The zero-order chi connectivity index (χ0) is 11.0. The summed E-state index contributed by atoms with van der Waals surface area (Å²) in [6.07, 6.45) is 3.80. The van der Waals surface area contributed by atoms with Gasteiger partial charge in [0.25, 0.3) is 0 Å². The van der Waals surface area contributed by atoms with Crippen LogP contribution in [0.2, 0.25) is 0 Å². The Morgan fingerprint density at radius 1 is 1.25 bits per heavy atom. The van der Waals surface area contributed by atoms with E-state index in [1.807, 2.05) is 0 Å². The van der Waals surface area contributed by atoms with E-state index in [0.717, 1.165) is 6.42 Å². The smallest absolute Gasteiger partial charge is 0.0251 e. The van der Waals surface area contributed by atoms with E-state index in [1.54, 1.807) is 0 Å². The Morgan fingerprint density at radius 3 is 2.81 bits per heavy atom. The largest absolute Gasteiger partial charge is 0.326 e. The fourth-order valence-electron chi connectivity index (χ4n) is 3.37. The fraction of sp³-hybridized carbons (Fsp3) is 0.571. The standard InChI is InChI=1S/C14H20N2/c15-14-12(9-11-5-2-1-3-6-11)10-16-8-4-7-13(14)16/h1-3,5-6,12-14H,4,7-10,15H2/t12-,13-,14-/m1/s1. The maximum atomic E-state index is 6.37. The van der Waals surface area contributed by atoms with E-state index in [4.69, 9.17) is 5.73 Å². The van der Waals surface area contributed by atoms with Gasteiger partial charge < -0.3 is 5.73 Å². The van der Waals surface area contributed by atoms with Crippen LogP contribution >= 0.6 is 0 Å². The molecule has 0 bridgehead atoms. The lowest BCUT2D eigenvalue weighted by molar-refractivity contribution is 0.311. The molecule has 2 aliphatic rings. The Bertz CT molecular complexity index is 349. The van der Waals surface area contributed by atoms with E-state index in [9.17, 15) is 0 Å². The van der Waals surface area contributed by atoms with Gasteiger partial charge >= 0.3 is 0 Å². The molecule has 0 unspecified atom stereocenters. The predicted molar refractivity (Wildman–Crippen MR) is 66.2 cm³/mol. The highest BCUT2D eigenvalue weighted by molar-refractivity contribution is 5.17. The van der Waals surface area contributed by atoms with Crippen molar-refractivity contribution in [2.75, 3.05) is 13.1 Å². The third-order valence-corrected chi connectivity index (χ3v) is 4.21. The van der Waals surface area contributed by atoms with Crippen LogP contribution in [0.4, 0.5) is 0 Å². The van der Waals surface area contributed by atoms with Crippen molar-refractivity contribution in [2.24, 2.45) is 11.7 Å². The van der Waals surface area contributed by atoms with Gasteiger partial charge in [-0.3, -0.25) is 4.90 Å². The maximum absolute atomic E-state index is 6.37. The molecular formula is C14H20N2. The Hall–Kier alpha value is -0.860. The van der Waals surface area contributed by atoms with Crippen molar-refractivity contribution >= 4 is 0 Å². The van der Waals surface area contributed by atoms with Gasteiger partial charge in [-0.25, -0.2) is 0 Å². The Labute approximate surface area is 97.4 Å². The molecule has 1 aromatic carbocycles. The van der Waals surface area contributed by atoms with Crippen molar-refractivity contribution < 1.29 is 0 Å². The minimum absolute atomic E-state index is 0.391. The highest BCUT2D eigenvalue weighted by atomic mass is 15.2. The molecule has 3 atom stereocenters. The van der Waals surface area contributed by atoms with Gasteiger partial charge in [-0.2, -0.15) is 0 Å². The summed E-state index contributed by atoms with van der Waals surface area (Å²) in [6.45, 7) is 2.48. The molecule has 2 N–H and O–H groups in total. The number of hydrogen-bond donors (Lipinski definition) is 1. The first kappa shape index (κ1) is 10.3. The molecule has 0 radical (unpaired) electrons. The molecule has 1 aromatic rings. The zero-order valence-corrected chi connectivity index (χ0v) is 9.68. The molecule has 3 rings (SSSR count). The minimum Gasteiger partial charge on any atom is -0.326 e. The third kappa shape index (κ3) is 1.76. The first-order chi connectivity index (χ1) is 7.84. The molecule has 2 aliphatic heterocycles. The lowest BCUT2D eigenvalue weighted by Crippen LogP contribution is -2.37. The van der Waals surface area contributed by atoms with Crippen molar-refractivity contribution in [1.82, 2.24) is 4.90 Å². The topological polar surface area (TPSA) is 29.3 Å². The predicted octanol–water partition coefficient (Wildman–Crippen LogP) is 1.65. The van der Waals surface area contributed by atoms with Crippen molar-refractivity contribution in [3.63, 3.8) is 0 Å². The number of fused-ring (bicyclic) bond motifs is 1. The van der Waals surface area contributed by atoms with Crippen molar-refractivity contribution in [2.45, 2.75) is 31.3 Å². The second-order valence-electron chi connectivity index (χ2n) is 5.23. The molecule has 2 saturated heterocycles. The molecular weight excluding hydrogens is 196 g/mol. The minimum atomic E-state index is 0.391. The summed E-state index contributed by atoms with van der Waals surface area (Å²) in [5, 5.41) is 0. The maximum Gasteiger partial charge on any atom is 0.0251 e. The van der Waals surface area contributed by atoms with Crippen molar-refractivity contribution in [3.8, 4) is 0 Å². The number of benzene rings is 1. The molecule has 0 aliphatic carbocycles. The van der Waals surface area contributed by atoms with Crippen LogP contribution in [0.5, 0.6) is 0 Å². The summed E-state index contributed by atoms with van der Waals surface area (Å²) in [7, 11) is 0. The lowest BCUT2D eigenvalue weighted by atomic mass is 9.91. The number of nitrogens with two attached hydrogens (primary N) is 1. The normalized spacial score (nSPS) is 34.2. The van der Waals surface area contributed by atoms with E-state index >= 15 is 0 Å². The van der Waals surface area contributed by atoms with Crippen LogP contribution < -0.4 is 5.73 Å². The average Bonchev–Trinajstić information content (AvgIpc) is 2.86. The second-order valence-corrected chi connectivity index (χ2v) is 5.23. The third-order valence-electron chi connectivity index (χ3n) is 4.21. The van der Waals surface area contributed by atoms with Gasteiger partial charge in [0, 0.05) is 18.6 Å². The van der Waals surface area contributed by atoms with Gasteiger partial charge in [-0.15, -0.1) is 0 Å². The summed E-state index contributed by atoms with van der Waals surface area (Å²) < 4.78 is 0. The van der Waals surface area contributed by atoms with Crippen molar-refractivity contribution in [1.29, 1.82) is 0 Å². The molecule has 2 heteroatoms. The summed E-state index contributed by atoms with van der Waals surface area (Å²) in [5.74, 6) is 0.660. The van der Waals surface area contributed by atoms with Crippen LogP contribution in [0.3, 0.4) is 0 Å². The van der Waals surface area contributed by atoms with Crippen LogP contribution in [0.1, 0.15) is 18.4 Å². The first-order valence-electron chi connectivity index (χ1n) is 6.38. The van der Waals surface area contributed by atoms with E-state index in [0.29, 0.717) is 18.0 Å². The lowest BCUT2D eigenvalue weighted by Gasteiger charge is -2.18. The summed E-state index contributed by atoms with van der Waals surface area (Å²) in [4.78, 5) is 2.60. The van der Waals surface area contributed by atoms with E-state index in [1.165, 1.54) is 31.5 Å². The van der Waals surface area contributed by atoms with Gasteiger partial charge in [-0.05, 0) is 37.3 Å². The fourth-order valence-corrected chi connectivity index (χ4v) is 3.37. The molecule has 86 valence electrons. The molecule has 0 saturated carbocycles. The number of hydrogen-bond acceptors (Lipinski definition) is 2. The van der Waals surface area contributed by atoms with Gasteiger partial charge in [0.2, 0.25) is 0 Å². The van der Waals surface area contributed by atoms with E-state index in [2.05, 4.69) is 35.2 Å². The van der Waals surface area contributed by atoms with E-state index in [-0.39, 0.29) is 0 Å². The number of nitrogens with zero attached hydrogens (tertiary/aromatic N) is 1. The SMILES string of the molecule is N[C@@H]1[C@H](Cc2ccccc2)CN2CCC[C@H]12. The Balaban J connectivity index is 1.69. The highest BCUT2D eigenvalue weighted by Gasteiger charge is 2.41. The summed E-state index contributed by atoms with van der Waals surface area (Å²) >= 11 is 0. The Kier molecular flexibility index (Phi) is 2.70. The van der Waals surface area contributed by atoms with E-state index < -0.39 is 0 Å². The zero-order valence-electron chi connectivity index (χ0n) is 9.68. The summed E-state index contributed by atoms with van der Waals surface area (Å²) in [5.41, 5.74) is 7.80. The monoisotopic (exact) mass is 216 g/mol. The molecule has 0 aromatic heterocycles. The molecule has 2 heterocycles. The van der Waals surface area contributed by atoms with Crippen LogP contribution in [0, 0.1) is 5.92 Å². The molecule has 2 fully saturated rings. The quantitative estimate of drug-likeness (QED) is 0.814. The van der Waals surface area contributed by atoms with Gasteiger partial charge in [-0.1, -0.05) is 30.3 Å². The van der Waals surface area contributed by atoms with Gasteiger partial charge in [0.05, 0.1) is 0 Å². The molecule has 2 nitrogen and oxygen atoms in total. The molecule has 0 amide bonds.